The van der Waals surface area contributed by atoms with E-state index in [1.54, 1.807) is 6.07 Å². The molecule has 0 saturated carbocycles. The molecule has 2 N–H and O–H groups in total. The molecule has 17 heavy (non-hydrogen) atoms. The lowest BCUT2D eigenvalue weighted by Crippen LogP contribution is -2.18. The van der Waals surface area contributed by atoms with Crippen LogP contribution in [0.4, 0.5) is 4.39 Å². The molecule has 94 valence electrons. The van der Waals surface area contributed by atoms with E-state index in [4.69, 9.17) is 10.5 Å². The largest absolute Gasteiger partial charge is 0.496 e. The van der Waals surface area contributed by atoms with Gasteiger partial charge in [0, 0.05) is 12.0 Å². The predicted octanol–water partition coefficient (Wildman–Crippen LogP) is 1.44. The molecule has 1 aromatic rings. The Morgan fingerprint density at radius 1 is 1.47 bits per heavy atom. The molecule has 0 aromatic heterocycles. The van der Waals surface area contributed by atoms with Crippen LogP contribution in [-0.2, 0) is 9.53 Å². The highest BCUT2D eigenvalue weighted by Crippen LogP contribution is 2.29. The number of esters is 1. The number of hydrogen-bond donors (Lipinski definition) is 1. The number of methoxy groups -OCH3 is 2. The molecule has 0 amide bonds. The van der Waals surface area contributed by atoms with E-state index in [0.717, 1.165) is 0 Å². The van der Waals surface area contributed by atoms with Crippen LogP contribution in [0.2, 0.25) is 0 Å². The Hall–Kier alpha value is -1.62. The molecule has 4 nitrogen and oxygen atoms in total. The maximum absolute atomic E-state index is 13.0. The first-order valence-corrected chi connectivity index (χ1v) is 5.22. The minimum absolute atomic E-state index is 0.148. The average Bonchev–Trinajstić information content (AvgIpc) is 2.35. The second-order valence-electron chi connectivity index (χ2n) is 3.60. The highest BCUT2D eigenvalue weighted by molar-refractivity contribution is 5.70. The standard InChI is InChI=1S/C12H16FNO3/c1-16-11-6-9(13)3-4-10(11)8(7-14)5-12(15)17-2/h3-4,6,8H,5,7,14H2,1-2H3. The molecule has 0 aliphatic carbocycles. The zero-order chi connectivity index (χ0) is 12.8. The van der Waals surface area contributed by atoms with E-state index in [-0.39, 0.29) is 30.7 Å². The molecule has 0 radical (unpaired) electrons. The molecule has 1 rings (SSSR count). The Balaban J connectivity index is 2.98. The predicted molar refractivity (Wildman–Crippen MR) is 61.4 cm³/mol. The monoisotopic (exact) mass is 241 g/mol. The first kappa shape index (κ1) is 13.4. The van der Waals surface area contributed by atoms with Crippen LogP contribution in [0.1, 0.15) is 17.9 Å². The van der Waals surface area contributed by atoms with Crippen molar-refractivity contribution in [2.75, 3.05) is 20.8 Å². The van der Waals surface area contributed by atoms with E-state index in [0.29, 0.717) is 11.3 Å². The Morgan fingerprint density at radius 2 is 2.18 bits per heavy atom. The minimum Gasteiger partial charge on any atom is -0.496 e. The summed E-state index contributed by atoms with van der Waals surface area (Å²) in [6.07, 6.45) is 0.148. The van der Waals surface area contributed by atoms with Gasteiger partial charge in [-0.05, 0) is 18.2 Å². The molecule has 1 aromatic carbocycles. The first-order chi connectivity index (χ1) is 8.12. The lowest BCUT2D eigenvalue weighted by atomic mass is 9.95. The van der Waals surface area contributed by atoms with Crippen LogP contribution in [-0.4, -0.2) is 26.7 Å². The first-order valence-electron chi connectivity index (χ1n) is 5.22. The molecule has 1 atom stereocenters. The summed E-state index contributed by atoms with van der Waals surface area (Å²) in [7, 11) is 2.77. The van der Waals surface area contributed by atoms with Gasteiger partial charge in [-0.15, -0.1) is 0 Å². The Labute approximate surface area is 99.5 Å². The number of nitrogens with two attached hydrogens (primary N) is 1. The second kappa shape index (κ2) is 6.20. The third kappa shape index (κ3) is 3.42. The summed E-state index contributed by atoms with van der Waals surface area (Å²) in [5.41, 5.74) is 6.32. The zero-order valence-electron chi connectivity index (χ0n) is 9.90. The van der Waals surface area contributed by atoms with E-state index in [9.17, 15) is 9.18 Å². The van der Waals surface area contributed by atoms with Crippen molar-refractivity contribution in [2.24, 2.45) is 5.73 Å². The zero-order valence-corrected chi connectivity index (χ0v) is 9.90. The van der Waals surface area contributed by atoms with Gasteiger partial charge in [0.15, 0.2) is 0 Å². The van der Waals surface area contributed by atoms with Crippen LogP contribution in [0.5, 0.6) is 5.75 Å². The van der Waals surface area contributed by atoms with E-state index in [2.05, 4.69) is 4.74 Å². The molecule has 0 saturated heterocycles. The molecule has 0 spiro atoms. The van der Waals surface area contributed by atoms with Gasteiger partial charge in [-0.3, -0.25) is 4.79 Å². The van der Waals surface area contributed by atoms with Gasteiger partial charge < -0.3 is 15.2 Å². The number of carbonyl (C=O) groups excluding carboxylic acids is 1. The molecular weight excluding hydrogens is 225 g/mol. The number of ether oxygens (including phenoxy) is 2. The van der Waals surface area contributed by atoms with Crippen molar-refractivity contribution in [1.82, 2.24) is 0 Å². The van der Waals surface area contributed by atoms with E-state index < -0.39 is 0 Å². The van der Waals surface area contributed by atoms with Gasteiger partial charge in [0.05, 0.1) is 20.6 Å². The molecule has 0 fully saturated rings. The lowest BCUT2D eigenvalue weighted by molar-refractivity contribution is -0.141. The summed E-state index contributed by atoms with van der Waals surface area (Å²) < 4.78 is 22.7. The summed E-state index contributed by atoms with van der Waals surface area (Å²) in [5.74, 6) is -0.589. The molecule has 0 heterocycles. The van der Waals surface area contributed by atoms with Crippen LogP contribution in [0.3, 0.4) is 0 Å². The quantitative estimate of drug-likeness (QED) is 0.792. The van der Waals surface area contributed by atoms with Gasteiger partial charge in [-0.2, -0.15) is 0 Å². The van der Waals surface area contributed by atoms with Crippen molar-refractivity contribution >= 4 is 5.97 Å². The van der Waals surface area contributed by atoms with E-state index in [1.807, 2.05) is 0 Å². The van der Waals surface area contributed by atoms with Crippen LogP contribution in [0, 0.1) is 5.82 Å². The summed E-state index contributed by atoms with van der Waals surface area (Å²) >= 11 is 0. The van der Waals surface area contributed by atoms with Gasteiger partial charge in [0.25, 0.3) is 0 Å². The average molecular weight is 241 g/mol. The van der Waals surface area contributed by atoms with Crippen molar-refractivity contribution in [1.29, 1.82) is 0 Å². The number of hydrogen-bond acceptors (Lipinski definition) is 4. The lowest BCUT2D eigenvalue weighted by Gasteiger charge is -2.17. The van der Waals surface area contributed by atoms with Crippen molar-refractivity contribution in [2.45, 2.75) is 12.3 Å². The highest BCUT2D eigenvalue weighted by atomic mass is 19.1. The van der Waals surface area contributed by atoms with E-state index >= 15 is 0 Å². The summed E-state index contributed by atoms with van der Waals surface area (Å²) in [6, 6.07) is 4.17. The van der Waals surface area contributed by atoms with Gasteiger partial charge in [0.2, 0.25) is 0 Å². The fourth-order valence-electron chi connectivity index (χ4n) is 1.63. The molecule has 1 unspecified atom stereocenters. The van der Waals surface area contributed by atoms with Crippen LogP contribution < -0.4 is 10.5 Å². The summed E-state index contributed by atoms with van der Waals surface area (Å²) in [5, 5.41) is 0. The number of halogens is 1. The van der Waals surface area contributed by atoms with Gasteiger partial charge >= 0.3 is 5.97 Å². The Morgan fingerprint density at radius 3 is 2.71 bits per heavy atom. The van der Waals surface area contributed by atoms with Crippen molar-refractivity contribution in [3.63, 3.8) is 0 Å². The van der Waals surface area contributed by atoms with Crippen molar-refractivity contribution in [3.8, 4) is 5.75 Å². The molecule has 0 bridgehead atoms. The van der Waals surface area contributed by atoms with Gasteiger partial charge in [0.1, 0.15) is 11.6 Å². The third-order valence-corrected chi connectivity index (χ3v) is 2.56. The number of carbonyl (C=O) groups is 1. The Kier molecular flexibility index (Phi) is 4.90. The molecular formula is C12H16FNO3. The number of benzene rings is 1. The fourth-order valence-corrected chi connectivity index (χ4v) is 1.63. The molecule has 0 aliphatic heterocycles. The summed E-state index contributed by atoms with van der Waals surface area (Å²) in [4.78, 5) is 11.2. The SMILES string of the molecule is COC(=O)CC(CN)c1ccc(F)cc1OC. The Bertz CT molecular complexity index is 395. The molecule has 0 aliphatic rings. The smallest absolute Gasteiger partial charge is 0.306 e. The highest BCUT2D eigenvalue weighted by Gasteiger charge is 2.19. The number of rotatable bonds is 5. The normalized spacial score (nSPS) is 12.0. The van der Waals surface area contributed by atoms with Crippen LogP contribution in [0.25, 0.3) is 0 Å². The minimum atomic E-state index is -0.389. The molecule has 5 heteroatoms. The van der Waals surface area contributed by atoms with Crippen molar-refractivity contribution in [3.05, 3.63) is 29.6 Å². The summed E-state index contributed by atoms with van der Waals surface area (Å²) in [6.45, 7) is 0.261. The van der Waals surface area contributed by atoms with Crippen molar-refractivity contribution < 1.29 is 18.7 Å². The maximum Gasteiger partial charge on any atom is 0.306 e. The van der Waals surface area contributed by atoms with E-state index in [1.165, 1.54) is 26.4 Å². The van der Waals surface area contributed by atoms with Crippen LogP contribution in [0.15, 0.2) is 18.2 Å². The maximum atomic E-state index is 13.0. The van der Waals surface area contributed by atoms with Gasteiger partial charge in [-0.25, -0.2) is 4.39 Å². The van der Waals surface area contributed by atoms with Crippen LogP contribution >= 0.6 is 0 Å². The topological polar surface area (TPSA) is 61.5 Å². The third-order valence-electron chi connectivity index (χ3n) is 2.56. The second-order valence-corrected chi connectivity index (χ2v) is 3.60. The fraction of sp³-hybridized carbons (Fsp3) is 0.417. The van der Waals surface area contributed by atoms with Gasteiger partial charge in [-0.1, -0.05) is 6.07 Å².